The first-order valence-corrected chi connectivity index (χ1v) is 9.44. The van der Waals surface area contributed by atoms with Crippen LogP contribution < -0.4 is 10.5 Å². The van der Waals surface area contributed by atoms with Gasteiger partial charge in [0.1, 0.15) is 5.52 Å². The van der Waals surface area contributed by atoms with Gasteiger partial charge >= 0.3 is 0 Å². The number of nitrogens with one attached hydrogen (secondary N) is 1. The van der Waals surface area contributed by atoms with Gasteiger partial charge in [0, 0.05) is 62.9 Å². The zero-order valence-electron chi connectivity index (χ0n) is 16.3. The van der Waals surface area contributed by atoms with Gasteiger partial charge < -0.3 is 19.4 Å². The smallest absolute Gasteiger partial charge is 0.274 e. The number of hydrogen-bond donors (Lipinski definition) is 1. The van der Waals surface area contributed by atoms with Gasteiger partial charge in [-0.25, -0.2) is 9.97 Å². The van der Waals surface area contributed by atoms with E-state index in [1.165, 1.54) is 4.57 Å². The molecule has 1 fully saturated rings. The molecule has 0 aliphatic carbocycles. The topological polar surface area (TPSA) is 87.1 Å². The zero-order valence-corrected chi connectivity index (χ0v) is 16.3. The van der Waals surface area contributed by atoms with Crippen LogP contribution in [0.2, 0.25) is 0 Å². The molecule has 3 aromatic heterocycles. The first-order valence-electron chi connectivity index (χ1n) is 9.44. The number of H-pyrrole nitrogens is 1. The van der Waals surface area contributed by atoms with E-state index in [4.69, 9.17) is 0 Å². The number of aromatic amines is 1. The van der Waals surface area contributed by atoms with Crippen LogP contribution in [0, 0.1) is 6.92 Å². The maximum Gasteiger partial charge on any atom is 0.274 e. The molecule has 28 heavy (non-hydrogen) atoms. The molecule has 0 unspecified atom stereocenters. The van der Waals surface area contributed by atoms with Crippen LogP contribution in [0.3, 0.4) is 0 Å². The standard InChI is InChI=1S/C20H24N6O2/c1-13-4-8-22-20(23-13)26-10-6-14(7-11-26)25(3)18(27)16-12-24(2)19(28)17-15(16)5-9-21-17/h4-5,8-9,12,14,21H,6-7,10-11H2,1-3H3. The maximum atomic E-state index is 13.2. The molecule has 1 aliphatic heterocycles. The number of rotatable bonds is 3. The van der Waals surface area contributed by atoms with E-state index in [9.17, 15) is 9.59 Å². The minimum atomic E-state index is -0.134. The quantitative estimate of drug-likeness (QED) is 0.747. The van der Waals surface area contributed by atoms with Crippen molar-refractivity contribution in [1.29, 1.82) is 0 Å². The summed E-state index contributed by atoms with van der Waals surface area (Å²) in [5, 5.41) is 0.672. The summed E-state index contributed by atoms with van der Waals surface area (Å²) in [4.78, 5) is 41.2. The van der Waals surface area contributed by atoms with Gasteiger partial charge in [-0.3, -0.25) is 9.59 Å². The van der Waals surface area contributed by atoms with Crippen LogP contribution in [0.25, 0.3) is 10.9 Å². The molecule has 1 N–H and O–H groups in total. The van der Waals surface area contributed by atoms with Gasteiger partial charge in [0.2, 0.25) is 5.95 Å². The second-order valence-corrected chi connectivity index (χ2v) is 7.36. The van der Waals surface area contributed by atoms with Crippen LogP contribution in [-0.4, -0.2) is 56.5 Å². The Balaban J connectivity index is 1.51. The van der Waals surface area contributed by atoms with Crippen LogP contribution in [0.4, 0.5) is 5.95 Å². The van der Waals surface area contributed by atoms with E-state index >= 15 is 0 Å². The number of pyridine rings is 1. The van der Waals surface area contributed by atoms with Crippen molar-refractivity contribution in [1.82, 2.24) is 24.4 Å². The Hall–Kier alpha value is -3.16. The maximum absolute atomic E-state index is 13.2. The van der Waals surface area contributed by atoms with Crippen LogP contribution in [0.1, 0.15) is 28.9 Å². The van der Waals surface area contributed by atoms with Gasteiger partial charge in [-0.1, -0.05) is 0 Å². The summed E-state index contributed by atoms with van der Waals surface area (Å²) in [6.07, 6.45) is 6.81. The molecule has 3 aromatic rings. The lowest BCUT2D eigenvalue weighted by Gasteiger charge is -2.36. The summed E-state index contributed by atoms with van der Waals surface area (Å²) in [6.45, 7) is 3.57. The number of anilines is 1. The largest absolute Gasteiger partial charge is 0.357 e. The molecule has 0 bridgehead atoms. The van der Waals surface area contributed by atoms with Crippen molar-refractivity contribution in [3.63, 3.8) is 0 Å². The van der Waals surface area contributed by atoms with Crippen molar-refractivity contribution in [2.24, 2.45) is 7.05 Å². The van der Waals surface area contributed by atoms with Gasteiger partial charge in [-0.05, 0) is 31.9 Å². The van der Waals surface area contributed by atoms with Gasteiger partial charge in [0.15, 0.2) is 0 Å². The van der Waals surface area contributed by atoms with E-state index in [0.717, 1.165) is 37.6 Å². The molecule has 0 spiro atoms. The Bertz CT molecular complexity index is 1080. The van der Waals surface area contributed by atoms with Crippen molar-refractivity contribution in [2.45, 2.75) is 25.8 Å². The lowest BCUT2D eigenvalue weighted by Crippen LogP contribution is -2.46. The van der Waals surface area contributed by atoms with E-state index in [0.29, 0.717) is 16.5 Å². The molecule has 146 valence electrons. The summed E-state index contributed by atoms with van der Waals surface area (Å²) in [5.74, 6) is 0.685. The third kappa shape index (κ3) is 3.15. The Labute approximate surface area is 162 Å². The van der Waals surface area contributed by atoms with E-state index < -0.39 is 0 Å². The van der Waals surface area contributed by atoms with Gasteiger partial charge in [-0.15, -0.1) is 0 Å². The summed E-state index contributed by atoms with van der Waals surface area (Å²) in [6, 6.07) is 3.81. The molecular formula is C20H24N6O2. The molecule has 0 atom stereocenters. The lowest BCUT2D eigenvalue weighted by atomic mass is 10.0. The Kier molecular flexibility index (Phi) is 4.62. The highest BCUT2D eigenvalue weighted by molar-refractivity contribution is 6.05. The van der Waals surface area contributed by atoms with Crippen LogP contribution in [0.15, 0.2) is 35.5 Å². The van der Waals surface area contributed by atoms with Crippen LogP contribution >= 0.6 is 0 Å². The molecular weight excluding hydrogens is 356 g/mol. The Morgan fingerprint density at radius 1 is 1.29 bits per heavy atom. The summed E-state index contributed by atoms with van der Waals surface area (Å²) in [5.41, 5.74) is 1.83. The average Bonchev–Trinajstić information content (AvgIpc) is 3.20. The fraction of sp³-hybridized carbons (Fsp3) is 0.400. The Morgan fingerprint density at radius 3 is 2.75 bits per heavy atom. The van der Waals surface area contributed by atoms with Crippen molar-refractivity contribution >= 4 is 22.8 Å². The Morgan fingerprint density at radius 2 is 2.04 bits per heavy atom. The molecule has 1 aliphatic rings. The molecule has 4 heterocycles. The van der Waals surface area contributed by atoms with Crippen molar-refractivity contribution in [2.75, 3.05) is 25.0 Å². The molecule has 0 saturated carbocycles. The molecule has 1 amide bonds. The van der Waals surface area contributed by atoms with Crippen molar-refractivity contribution in [3.8, 4) is 0 Å². The number of piperidine rings is 1. The number of carbonyl (C=O) groups excluding carboxylic acids is 1. The van der Waals surface area contributed by atoms with E-state index in [2.05, 4.69) is 19.9 Å². The normalized spacial score (nSPS) is 15.2. The van der Waals surface area contributed by atoms with E-state index in [-0.39, 0.29) is 17.5 Å². The fourth-order valence-electron chi connectivity index (χ4n) is 3.84. The predicted octanol–water partition coefficient (Wildman–Crippen LogP) is 1.71. The highest BCUT2D eigenvalue weighted by atomic mass is 16.2. The lowest BCUT2D eigenvalue weighted by molar-refractivity contribution is 0.0710. The second kappa shape index (κ2) is 7.10. The van der Waals surface area contributed by atoms with E-state index in [1.807, 2.05) is 20.0 Å². The van der Waals surface area contributed by atoms with Crippen molar-refractivity contribution in [3.05, 3.63) is 52.3 Å². The minimum Gasteiger partial charge on any atom is -0.357 e. The summed E-state index contributed by atoms with van der Waals surface area (Å²) in [7, 11) is 3.51. The van der Waals surface area contributed by atoms with Crippen LogP contribution in [0.5, 0.6) is 0 Å². The summed E-state index contributed by atoms with van der Waals surface area (Å²) >= 11 is 0. The fourth-order valence-corrected chi connectivity index (χ4v) is 3.84. The summed E-state index contributed by atoms with van der Waals surface area (Å²) < 4.78 is 1.46. The molecule has 0 radical (unpaired) electrons. The van der Waals surface area contributed by atoms with Crippen LogP contribution in [-0.2, 0) is 7.05 Å². The predicted molar refractivity (Wildman–Crippen MR) is 108 cm³/mol. The highest BCUT2D eigenvalue weighted by Crippen LogP contribution is 2.22. The van der Waals surface area contributed by atoms with Crippen molar-refractivity contribution < 1.29 is 4.79 Å². The first-order chi connectivity index (χ1) is 13.5. The number of aryl methyl sites for hydroxylation is 2. The van der Waals surface area contributed by atoms with E-state index in [1.54, 1.807) is 36.6 Å². The number of fused-ring (bicyclic) bond motifs is 1. The molecule has 4 rings (SSSR count). The monoisotopic (exact) mass is 380 g/mol. The number of amides is 1. The molecule has 8 heteroatoms. The third-order valence-corrected chi connectivity index (χ3v) is 5.52. The number of nitrogens with zero attached hydrogens (tertiary/aromatic N) is 5. The second-order valence-electron chi connectivity index (χ2n) is 7.36. The SMILES string of the molecule is Cc1ccnc(N2CCC(N(C)C(=O)c3cn(C)c(=O)c4[nH]ccc34)CC2)n1. The number of carbonyl (C=O) groups is 1. The first kappa shape index (κ1) is 18.2. The molecule has 0 aromatic carbocycles. The van der Waals surface area contributed by atoms with Gasteiger partial charge in [0.25, 0.3) is 11.5 Å². The highest BCUT2D eigenvalue weighted by Gasteiger charge is 2.28. The average molecular weight is 380 g/mol. The van der Waals surface area contributed by atoms with Gasteiger partial charge in [0.05, 0.1) is 5.56 Å². The molecule has 1 saturated heterocycles. The zero-order chi connectivity index (χ0) is 19.8. The third-order valence-electron chi connectivity index (χ3n) is 5.52. The van der Waals surface area contributed by atoms with Gasteiger partial charge in [-0.2, -0.15) is 0 Å². The number of aromatic nitrogens is 4. The minimum absolute atomic E-state index is 0.0644. The molecule has 8 nitrogen and oxygen atoms in total. The number of hydrogen-bond acceptors (Lipinski definition) is 5.